The summed E-state index contributed by atoms with van der Waals surface area (Å²) in [7, 11) is 0. The second-order valence-corrected chi connectivity index (χ2v) is 6.12. The summed E-state index contributed by atoms with van der Waals surface area (Å²) in [5.74, 6) is -0.214. The van der Waals surface area contributed by atoms with Crippen molar-refractivity contribution in [2.75, 3.05) is 19.6 Å². The Bertz CT molecular complexity index is 610. The molecule has 3 amide bonds. The SMILES string of the molecule is C[C@@H]1CNCCN1C(=O)c1ccc(CN2C(=O)CCC2=O)cc1. The molecule has 0 aliphatic carbocycles. The molecule has 23 heavy (non-hydrogen) atoms. The van der Waals surface area contributed by atoms with Gasteiger partial charge in [0.15, 0.2) is 0 Å². The molecule has 1 N–H and O–H groups in total. The van der Waals surface area contributed by atoms with Gasteiger partial charge in [-0.05, 0) is 24.6 Å². The van der Waals surface area contributed by atoms with E-state index in [0.717, 1.165) is 18.7 Å². The Morgan fingerprint density at radius 2 is 1.83 bits per heavy atom. The average Bonchev–Trinajstić information content (AvgIpc) is 2.87. The molecule has 1 aromatic rings. The molecule has 0 saturated carbocycles. The van der Waals surface area contributed by atoms with Crippen LogP contribution in [0.2, 0.25) is 0 Å². The quantitative estimate of drug-likeness (QED) is 0.837. The lowest BCUT2D eigenvalue weighted by atomic mass is 10.1. The molecule has 0 aromatic heterocycles. The minimum Gasteiger partial charge on any atom is -0.333 e. The van der Waals surface area contributed by atoms with Crippen LogP contribution in [0.4, 0.5) is 0 Å². The van der Waals surface area contributed by atoms with Gasteiger partial charge in [0.1, 0.15) is 0 Å². The Balaban J connectivity index is 1.68. The average molecular weight is 315 g/mol. The number of hydrogen-bond acceptors (Lipinski definition) is 4. The first-order valence-electron chi connectivity index (χ1n) is 8.00. The Labute approximate surface area is 135 Å². The van der Waals surface area contributed by atoms with E-state index in [9.17, 15) is 14.4 Å². The van der Waals surface area contributed by atoms with Crippen LogP contribution < -0.4 is 5.32 Å². The Morgan fingerprint density at radius 1 is 1.17 bits per heavy atom. The smallest absolute Gasteiger partial charge is 0.254 e. The van der Waals surface area contributed by atoms with Gasteiger partial charge in [-0.3, -0.25) is 19.3 Å². The zero-order valence-corrected chi connectivity index (χ0v) is 13.2. The van der Waals surface area contributed by atoms with Gasteiger partial charge >= 0.3 is 0 Å². The van der Waals surface area contributed by atoms with Crippen molar-refractivity contribution in [3.05, 3.63) is 35.4 Å². The number of carbonyl (C=O) groups excluding carboxylic acids is 3. The minimum absolute atomic E-state index is 0.0267. The second-order valence-electron chi connectivity index (χ2n) is 6.12. The van der Waals surface area contributed by atoms with Crippen molar-refractivity contribution in [1.29, 1.82) is 0 Å². The van der Waals surface area contributed by atoms with Gasteiger partial charge in [-0.15, -0.1) is 0 Å². The highest BCUT2D eigenvalue weighted by Crippen LogP contribution is 2.17. The maximum atomic E-state index is 12.5. The van der Waals surface area contributed by atoms with Gasteiger partial charge < -0.3 is 10.2 Å². The van der Waals surface area contributed by atoms with Crippen LogP contribution in [0, 0.1) is 0 Å². The van der Waals surface area contributed by atoms with Crippen molar-refractivity contribution >= 4 is 17.7 Å². The van der Waals surface area contributed by atoms with Gasteiger partial charge in [-0.25, -0.2) is 0 Å². The molecule has 1 aromatic carbocycles. The lowest BCUT2D eigenvalue weighted by Gasteiger charge is -2.34. The van der Waals surface area contributed by atoms with E-state index in [1.165, 1.54) is 4.90 Å². The van der Waals surface area contributed by atoms with Crippen molar-refractivity contribution < 1.29 is 14.4 Å². The topological polar surface area (TPSA) is 69.7 Å². The standard InChI is InChI=1S/C17H21N3O3/c1-12-10-18-8-9-19(12)17(23)14-4-2-13(3-5-14)11-20-15(21)6-7-16(20)22/h2-5,12,18H,6-11H2,1H3/t12-/m1/s1. The van der Waals surface area contributed by atoms with E-state index in [1.807, 2.05) is 24.0 Å². The van der Waals surface area contributed by atoms with Crippen molar-refractivity contribution in [2.24, 2.45) is 0 Å². The van der Waals surface area contributed by atoms with E-state index in [0.29, 0.717) is 24.9 Å². The highest BCUT2D eigenvalue weighted by molar-refractivity contribution is 6.01. The van der Waals surface area contributed by atoms with Crippen LogP contribution in [-0.2, 0) is 16.1 Å². The van der Waals surface area contributed by atoms with Crippen LogP contribution in [0.3, 0.4) is 0 Å². The summed E-state index contributed by atoms with van der Waals surface area (Å²) >= 11 is 0. The van der Waals surface area contributed by atoms with Gasteiger partial charge in [0.05, 0.1) is 6.54 Å². The number of benzene rings is 1. The Kier molecular flexibility index (Phi) is 4.43. The van der Waals surface area contributed by atoms with Crippen LogP contribution in [0.15, 0.2) is 24.3 Å². The number of carbonyl (C=O) groups is 3. The highest BCUT2D eigenvalue weighted by atomic mass is 16.2. The van der Waals surface area contributed by atoms with Gasteiger partial charge in [0, 0.05) is 44.1 Å². The van der Waals surface area contributed by atoms with Gasteiger partial charge in [-0.1, -0.05) is 12.1 Å². The summed E-state index contributed by atoms with van der Waals surface area (Å²) in [5.41, 5.74) is 1.50. The summed E-state index contributed by atoms with van der Waals surface area (Å²) in [6.07, 6.45) is 0.604. The fraction of sp³-hybridized carbons (Fsp3) is 0.471. The first kappa shape index (κ1) is 15.7. The molecule has 2 saturated heterocycles. The molecule has 0 unspecified atom stereocenters. The lowest BCUT2D eigenvalue weighted by Crippen LogP contribution is -2.52. The van der Waals surface area contributed by atoms with Crippen LogP contribution in [0.5, 0.6) is 0 Å². The first-order chi connectivity index (χ1) is 11.1. The predicted molar refractivity (Wildman–Crippen MR) is 84.6 cm³/mol. The highest BCUT2D eigenvalue weighted by Gasteiger charge is 2.29. The molecular formula is C17H21N3O3. The molecule has 0 radical (unpaired) electrons. The van der Waals surface area contributed by atoms with Gasteiger partial charge in [0.2, 0.25) is 11.8 Å². The minimum atomic E-state index is -0.121. The monoisotopic (exact) mass is 315 g/mol. The zero-order valence-electron chi connectivity index (χ0n) is 13.2. The van der Waals surface area contributed by atoms with E-state index < -0.39 is 0 Å². The number of piperazine rings is 1. The molecule has 122 valence electrons. The fourth-order valence-electron chi connectivity index (χ4n) is 3.04. The fourth-order valence-corrected chi connectivity index (χ4v) is 3.04. The Morgan fingerprint density at radius 3 is 2.43 bits per heavy atom. The zero-order chi connectivity index (χ0) is 16.4. The number of likely N-dealkylation sites (tertiary alicyclic amines) is 1. The van der Waals surface area contributed by atoms with Crippen molar-refractivity contribution in [2.45, 2.75) is 32.4 Å². The molecule has 2 heterocycles. The Hall–Kier alpha value is -2.21. The normalized spacial score (nSPS) is 21.9. The summed E-state index contributed by atoms with van der Waals surface area (Å²) in [4.78, 5) is 39.0. The molecule has 2 aliphatic rings. The van der Waals surface area contributed by atoms with Crippen LogP contribution in [0.25, 0.3) is 0 Å². The van der Waals surface area contributed by atoms with E-state index in [4.69, 9.17) is 0 Å². The molecular weight excluding hydrogens is 294 g/mol. The molecule has 6 heteroatoms. The summed E-state index contributed by atoms with van der Waals surface area (Å²) in [5, 5.41) is 3.27. The largest absolute Gasteiger partial charge is 0.333 e. The number of rotatable bonds is 3. The van der Waals surface area contributed by atoms with Gasteiger partial charge in [-0.2, -0.15) is 0 Å². The maximum absolute atomic E-state index is 12.5. The molecule has 3 rings (SSSR count). The van der Waals surface area contributed by atoms with Crippen LogP contribution >= 0.6 is 0 Å². The molecule has 2 fully saturated rings. The van der Waals surface area contributed by atoms with Crippen LogP contribution in [0.1, 0.15) is 35.7 Å². The molecule has 0 spiro atoms. The van der Waals surface area contributed by atoms with E-state index >= 15 is 0 Å². The predicted octanol–water partition coefficient (Wildman–Crippen LogP) is 0.769. The summed E-state index contributed by atoms with van der Waals surface area (Å²) in [6.45, 7) is 4.65. The second kappa shape index (κ2) is 6.50. The number of imide groups is 1. The van der Waals surface area contributed by atoms with Gasteiger partial charge in [0.25, 0.3) is 5.91 Å². The van der Waals surface area contributed by atoms with Crippen LogP contribution in [-0.4, -0.2) is 53.2 Å². The number of nitrogens with zero attached hydrogens (tertiary/aromatic N) is 2. The summed E-state index contributed by atoms with van der Waals surface area (Å²) in [6, 6.07) is 7.36. The third-order valence-electron chi connectivity index (χ3n) is 4.46. The van der Waals surface area contributed by atoms with Crippen molar-refractivity contribution in [1.82, 2.24) is 15.1 Å². The number of hydrogen-bond donors (Lipinski definition) is 1. The van der Waals surface area contributed by atoms with Crippen molar-refractivity contribution in [3.63, 3.8) is 0 Å². The summed E-state index contributed by atoms with van der Waals surface area (Å²) < 4.78 is 0. The third kappa shape index (κ3) is 3.27. The molecule has 6 nitrogen and oxygen atoms in total. The maximum Gasteiger partial charge on any atom is 0.254 e. The molecule has 1 atom stereocenters. The van der Waals surface area contributed by atoms with E-state index in [1.54, 1.807) is 12.1 Å². The lowest BCUT2D eigenvalue weighted by molar-refractivity contribution is -0.139. The van der Waals surface area contributed by atoms with E-state index in [-0.39, 0.29) is 30.3 Å². The molecule has 2 aliphatic heterocycles. The molecule has 0 bridgehead atoms. The first-order valence-corrected chi connectivity index (χ1v) is 8.00. The number of nitrogens with one attached hydrogen (secondary N) is 1. The van der Waals surface area contributed by atoms with Crippen molar-refractivity contribution in [3.8, 4) is 0 Å². The van der Waals surface area contributed by atoms with E-state index in [2.05, 4.69) is 5.32 Å². The number of amides is 3. The third-order valence-corrected chi connectivity index (χ3v) is 4.46.